The molecule has 0 amide bonds. The van der Waals surface area contributed by atoms with Crippen LogP contribution in [0.3, 0.4) is 0 Å². The quantitative estimate of drug-likeness (QED) is 0.910. The molecule has 2 aromatic rings. The van der Waals surface area contributed by atoms with Crippen LogP contribution < -0.4 is 5.73 Å². The Morgan fingerprint density at radius 2 is 2.11 bits per heavy atom. The number of aromatic nitrogens is 4. The highest BCUT2D eigenvalue weighted by atomic mass is 32.1. The minimum absolute atomic E-state index is 0.270. The Labute approximate surface area is 109 Å². The van der Waals surface area contributed by atoms with E-state index in [9.17, 15) is 0 Å². The highest BCUT2D eigenvalue weighted by molar-refractivity contribution is 7.16. The highest BCUT2D eigenvalue weighted by Gasteiger charge is 2.33. The van der Waals surface area contributed by atoms with Crippen molar-refractivity contribution < 1.29 is 4.74 Å². The Hall–Kier alpha value is -1.05. The Kier molecular flexibility index (Phi) is 3.04. The smallest absolute Gasteiger partial charge is 0.234 e. The van der Waals surface area contributed by atoms with Crippen LogP contribution in [0, 0.1) is 0 Å². The third kappa shape index (κ3) is 1.92. The molecule has 0 saturated heterocycles. The Morgan fingerprint density at radius 3 is 2.83 bits per heavy atom. The van der Waals surface area contributed by atoms with Crippen LogP contribution in [0.1, 0.15) is 42.9 Å². The zero-order valence-corrected chi connectivity index (χ0v) is 11.2. The third-order valence-corrected chi connectivity index (χ3v) is 4.62. The summed E-state index contributed by atoms with van der Waals surface area (Å²) in [5.74, 6) is 0.731. The first-order valence-corrected chi connectivity index (χ1v) is 7.04. The Bertz CT molecular complexity index is 543. The summed E-state index contributed by atoms with van der Waals surface area (Å²) in [5, 5.41) is 13.7. The van der Waals surface area contributed by atoms with Crippen LogP contribution in [0.15, 0.2) is 0 Å². The van der Waals surface area contributed by atoms with Crippen LogP contribution in [0.2, 0.25) is 0 Å². The van der Waals surface area contributed by atoms with E-state index < -0.39 is 0 Å². The van der Waals surface area contributed by atoms with E-state index in [-0.39, 0.29) is 5.54 Å². The predicted octanol–water partition coefficient (Wildman–Crippen LogP) is 1.45. The number of rotatable bonds is 3. The average Bonchev–Trinajstić information content (AvgIpc) is 2.93. The molecule has 0 aromatic carbocycles. The molecule has 7 heteroatoms. The summed E-state index contributed by atoms with van der Waals surface area (Å²) in [6.07, 6.45) is 5.66. The van der Waals surface area contributed by atoms with E-state index >= 15 is 0 Å². The van der Waals surface area contributed by atoms with Crippen molar-refractivity contribution in [2.24, 2.45) is 5.73 Å². The van der Waals surface area contributed by atoms with Crippen molar-refractivity contribution in [3.63, 3.8) is 0 Å². The molecule has 18 heavy (non-hydrogen) atoms. The minimum atomic E-state index is -0.270. The van der Waals surface area contributed by atoms with Crippen molar-refractivity contribution in [1.82, 2.24) is 19.8 Å². The van der Waals surface area contributed by atoms with Crippen LogP contribution in [0.25, 0.3) is 4.96 Å². The third-order valence-electron chi connectivity index (χ3n) is 3.50. The lowest BCUT2D eigenvalue weighted by Gasteiger charge is -2.30. The number of ether oxygens (including phenoxy) is 1. The monoisotopic (exact) mass is 267 g/mol. The molecular weight excluding hydrogens is 250 g/mol. The Morgan fingerprint density at radius 1 is 1.33 bits per heavy atom. The van der Waals surface area contributed by atoms with Gasteiger partial charge < -0.3 is 10.5 Å². The maximum absolute atomic E-state index is 6.48. The van der Waals surface area contributed by atoms with Gasteiger partial charge in [0.2, 0.25) is 4.96 Å². The van der Waals surface area contributed by atoms with Gasteiger partial charge in [-0.2, -0.15) is 9.61 Å². The largest absolute Gasteiger partial charge is 0.377 e. The first-order valence-electron chi connectivity index (χ1n) is 6.22. The van der Waals surface area contributed by atoms with Crippen molar-refractivity contribution in [2.75, 3.05) is 7.11 Å². The lowest BCUT2D eigenvalue weighted by atomic mass is 9.83. The number of hydrogen-bond acceptors (Lipinski definition) is 6. The van der Waals surface area contributed by atoms with E-state index in [4.69, 9.17) is 10.5 Å². The van der Waals surface area contributed by atoms with Crippen molar-refractivity contribution in [3.8, 4) is 0 Å². The van der Waals surface area contributed by atoms with Gasteiger partial charge in [-0.1, -0.05) is 30.6 Å². The molecule has 1 saturated carbocycles. The summed E-state index contributed by atoms with van der Waals surface area (Å²) in [6, 6.07) is 0. The van der Waals surface area contributed by atoms with Crippen LogP contribution in [-0.4, -0.2) is 26.9 Å². The van der Waals surface area contributed by atoms with Gasteiger partial charge >= 0.3 is 0 Å². The van der Waals surface area contributed by atoms with E-state index in [1.807, 2.05) is 0 Å². The number of hydrogen-bond donors (Lipinski definition) is 1. The molecule has 98 valence electrons. The van der Waals surface area contributed by atoms with Gasteiger partial charge in [-0.05, 0) is 12.8 Å². The molecule has 1 aliphatic rings. The SMILES string of the molecule is COCc1nnc2sc(C3(N)CCCCC3)nn12. The molecule has 0 spiro atoms. The van der Waals surface area contributed by atoms with Crippen molar-refractivity contribution in [3.05, 3.63) is 10.8 Å². The summed E-state index contributed by atoms with van der Waals surface area (Å²) in [5.41, 5.74) is 6.21. The fourth-order valence-corrected chi connectivity index (χ4v) is 3.49. The highest BCUT2D eigenvalue weighted by Crippen LogP contribution is 2.36. The number of nitrogens with two attached hydrogens (primary N) is 1. The standard InChI is InChI=1S/C11H17N5OS/c1-17-7-8-13-14-10-16(8)15-9(18-10)11(12)5-3-2-4-6-11/h2-7,12H2,1H3. The van der Waals surface area contributed by atoms with Crippen LogP contribution in [0.4, 0.5) is 0 Å². The average molecular weight is 267 g/mol. The summed E-state index contributed by atoms with van der Waals surface area (Å²) in [7, 11) is 1.64. The van der Waals surface area contributed by atoms with Crippen LogP contribution >= 0.6 is 11.3 Å². The van der Waals surface area contributed by atoms with E-state index in [1.54, 1.807) is 23.0 Å². The zero-order chi connectivity index (χ0) is 12.6. The van der Waals surface area contributed by atoms with Gasteiger partial charge in [-0.15, -0.1) is 10.2 Å². The molecular formula is C11H17N5OS. The molecule has 1 aliphatic carbocycles. The molecule has 6 nitrogen and oxygen atoms in total. The first kappa shape index (κ1) is 12.0. The summed E-state index contributed by atoms with van der Waals surface area (Å²) in [6.45, 7) is 0.419. The molecule has 0 aliphatic heterocycles. The van der Waals surface area contributed by atoms with Gasteiger partial charge in [-0.3, -0.25) is 0 Å². The number of nitrogens with zero attached hydrogens (tertiary/aromatic N) is 4. The molecule has 0 unspecified atom stereocenters. The zero-order valence-electron chi connectivity index (χ0n) is 10.4. The van der Waals surface area contributed by atoms with E-state index in [0.29, 0.717) is 6.61 Å². The van der Waals surface area contributed by atoms with Crippen LogP contribution in [0.5, 0.6) is 0 Å². The molecule has 0 radical (unpaired) electrons. The summed E-state index contributed by atoms with van der Waals surface area (Å²) < 4.78 is 6.84. The molecule has 2 N–H and O–H groups in total. The lowest BCUT2D eigenvalue weighted by Crippen LogP contribution is -2.38. The van der Waals surface area contributed by atoms with Crippen molar-refractivity contribution >= 4 is 16.3 Å². The van der Waals surface area contributed by atoms with Gasteiger partial charge in [0.1, 0.15) is 11.6 Å². The van der Waals surface area contributed by atoms with Gasteiger partial charge in [0.05, 0.1) is 5.54 Å². The predicted molar refractivity (Wildman–Crippen MR) is 68.3 cm³/mol. The van der Waals surface area contributed by atoms with Gasteiger partial charge in [0.25, 0.3) is 0 Å². The number of methoxy groups -OCH3 is 1. The second kappa shape index (κ2) is 4.56. The molecule has 1 fully saturated rings. The normalized spacial score (nSPS) is 19.4. The first-order chi connectivity index (χ1) is 8.73. The molecule has 0 bridgehead atoms. The molecule has 2 heterocycles. The van der Waals surface area contributed by atoms with E-state index in [0.717, 1.165) is 28.6 Å². The second-order valence-corrected chi connectivity index (χ2v) is 5.82. The Balaban J connectivity index is 1.97. The summed E-state index contributed by atoms with van der Waals surface area (Å²) in [4.78, 5) is 0.799. The summed E-state index contributed by atoms with van der Waals surface area (Å²) >= 11 is 1.55. The minimum Gasteiger partial charge on any atom is -0.377 e. The molecule has 2 aromatic heterocycles. The fraction of sp³-hybridized carbons (Fsp3) is 0.727. The maximum atomic E-state index is 6.48. The van der Waals surface area contributed by atoms with Gasteiger partial charge in [0, 0.05) is 7.11 Å². The van der Waals surface area contributed by atoms with E-state index in [1.165, 1.54) is 19.3 Å². The number of fused-ring (bicyclic) bond motifs is 1. The van der Waals surface area contributed by atoms with E-state index in [2.05, 4.69) is 15.3 Å². The topological polar surface area (TPSA) is 78.3 Å². The second-order valence-electron chi connectivity index (χ2n) is 4.87. The molecule has 0 atom stereocenters. The van der Waals surface area contributed by atoms with Crippen LogP contribution in [-0.2, 0) is 16.9 Å². The fourth-order valence-electron chi connectivity index (χ4n) is 2.47. The van der Waals surface area contributed by atoms with Crippen molar-refractivity contribution in [1.29, 1.82) is 0 Å². The maximum Gasteiger partial charge on any atom is 0.234 e. The lowest BCUT2D eigenvalue weighted by molar-refractivity contribution is 0.175. The van der Waals surface area contributed by atoms with Gasteiger partial charge in [0.15, 0.2) is 5.82 Å². The molecule has 3 rings (SSSR count). The van der Waals surface area contributed by atoms with Crippen molar-refractivity contribution in [2.45, 2.75) is 44.2 Å². The van der Waals surface area contributed by atoms with Gasteiger partial charge in [-0.25, -0.2) is 0 Å².